The Morgan fingerprint density at radius 3 is 2.84 bits per heavy atom. The summed E-state index contributed by atoms with van der Waals surface area (Å²) in [5.74, 6) is 1.39. The van der Waals surface area contributed by atoms with E-state index in [1.807, 2.05) is 11.3 Å². The molecule has 1 aromatic carbocycles. The lowest BCUT2D eigenvalue weighted by molar-refractivity contribution is 0.373. The average molecular weight is 274 g/mol. The number of nitrogens with zero attached hydrogens (tertiary/aromatic N) is 1. The van der Waals surface area contributed by atoms with E-state index >= 15 is 0 Å². The molecule has 0 spiro atoms. The first-order valence-electron chi connectivity index (χ1n) is 7.32. The standard InChI is InChI=1S/C16H22N2S/c1-11(2)16-18-14-4-3-13(10-15(14)19-16)9-12-5-7-17-8-6-12/h3-4,10-12,17H,5-9H2,1-2H3. The van der Waals surface area contributed by atoms with E-state index in [9.17, 15) is 0 Å². The maximum atomic E-state index is 4.71. The average Bonchev–Trinajstić information content (AvgIpc) is 2.83. The topological polar surface area (TPSA) is 24.9 Å². The lowest BCUT2D eigenvalue weighted by Crippen LogP contribution is -2.28. The van der Waals surface area contributed by atoms with Crippen LogP contribution in [0.1, 0.15) is 43.2 Å². The Kier molecular flexibility index (Phi) is 3.85. The summed E-state index contributed by atoms with van der Waals surface area (Å²) in [6.45, 7) is 6.80. The highest BCUT2D eigenvalue weighted by Gasteiger charge is 2.14. The molecule has 1 aromatic heterocycles. The van der Waals surface area contributed by atoms with Crippen LogP contribution in [0.5, 0.6) is 0 Å². The fourth-order valence-electron chi connectivity index (χ4n) is 2.78. The summed E-state index contributed by atoms with van der Waals surface area (Å²) in [6.07, 6.45) is 3.86. The molecule has 3 rings (SSSR count). The van der Waals surface area contributed by atoms with Crippen molar-refractivity contribution < 1.29 is 0 Å². The van der Waals surface area contributed by atoms with Crippen molar-refractivity contribution >= 4 is 21.6 Å². The maximum Gasteiger partial charge on any atom is 0.0963 e. The second-order valence-corrected chi connectivity index (χ2v) is 6.97. The summed E-state index contributed by atoms with van der Waals surface area (Å²) in [7, 11) is 0. The zero-order valence-corrected chi connectivity index (χ0v) is 12.6. The minimum atomic E-state index is 0.533. The Bertz CT molecular complexity index is 553. The molecule has 0 amide bonds. The van der Waals surface area contributed by atoms with E-state index in [-0.39, 0.29) is 0 Å². The summed E-state index contributed by atoms with van der Waals surface area (Å²) < 4.78 is 1.36. The molecule has 1 aliphatic heterocycles. The molecule has 2 aromatic rings. The number of rotatable bonds is 3. The molecule has 0 radical (unpaired) electrons. The highest BCUT2D eigenvalue weighted by molar-refractivity contribution is 7.18. The monoisotopic (exact) mass is 274 g/mol. The van der Waals surface area contributed by atoms with Crippen LogP contribution < -0.4 is 5.32 Å². The predicted octanol–water partition coefficient (Wildman–Crippen LogP) is 3.96. The zero-order valence-electron chi connectivity index (χ0n) is 11.8. The number of thiazole rings is 1. The van der Waals surface area contributed by atoms with Gasteiger partial charge in [-0.25, -0.2) is 4.98 Å². The third kappa shape index (κ3) is 2.98. The molecule has 0 unspecified atom stereocenters. The van der Waals surface area contributed by atoms with E-state index in [0.717, 1.165) is 5.92 Å². The Labute approximate surface area is 119 Å². The Hall–Kier alpha value is -0.930. The number of aromatic nitrogens is 1. The normalized spacial score (nSPS) is 17.4. The third-order valence-corrected chi connectivity index (χ3v) is 5.27. The van der Waals surface area contributed by atoms with Crippen molar-refractivity contribution in [1.82, 2.24) is 10.3 Å². The lowest BCUT2D eigenvalue weighted by Gasteiger charge is -2.22. The smallest absolute Gasteiger partial charge is 0.0963 e. The van der Waals surface area contributed by atoms with Gasteiger partial charge in [0.1, 0.15) is 0 Å². The fourth-order valence-corrected chi connectivity index (χ4v) is 3.81. The molecule has 0 atom stereocenters. The molecule has 2 heterocycles. The van der Waals surface area contributed by atoms with Gasteiger partial charge in [-0.1, -0.05) is 19.9 Å². The lowest BCUT2D eigenvalue weighted by atomic mass is 9.91. The molecule has 0 aliphatic carbocycles. The highest BCUT2D eigenvalue weighted by Crippen LogP contribution is 2.29. The van der Waals surface area contributed by atoms with Gasteiger partial charge in [-0.3, -0.25) is 0 Å². The second-order valence-electron chi connectivity index (χ2n) is 5.91. The van der Waals surface area contributed by atoms with Gasteiger partial charge in [-0.15, -0.1) is 11.3 Å². The number of piperidine rings is 1. The van der Waals surface area contributed by atoms with Crippen molar-refractivity contribution in [2.45, 2.75) is 39.0 Å². The van der Waals surface area contributed by atoms with E-state index in [2.05, 4.69) is 37.4 Å². The van der Waals surface area contributed by atoms with Crippen molar-refractivity contribution in [3.63, 3.8) is 0 Å². The van der Waals surface area contributed by atoms with Crippen molar-refractivity contribution in [3.05, 3.63) is 28.8 Å². The third-order valence-electron chi connectivity index (χ3n) is 3.95. The molecule has 0 saturated carbocycles. The number of benzene rings is 1. The zero-order chi connectivity index (χ0) is 13.2. The largest absolute Gasteiger partial charge is 0.317 e. The van der Waals surface area contributed by atoms with Crippen LogP contribution >= 0.6 is 11.3 Å². The quantitative estimate of drug-likeness (QED) is 0.916. The van der Waals surface area contributed by atoms with E-state index in [0.29, 0.717) is 5.92 Å². The van der Waals surface area contributed by atoms with E-state index in [1.165, 1.54) is 53.1 Å². The minimum Gasteiger partial charge on any atom is -0.317 e. The Balaban J connectivity index is 1.80. The molecule has 102 valence electrons. The van der Waals surface area contributed by atoms with Crippen LogP contribution in [0.2, 0.25) is 0 Å². The van der Waals surface area contributed by atoms with E-state index < -0.39 is 0 Å². The first kappa shape index (κ1) is 13.1. The van der Waals surface area contributed by atoms with Gasteiger partial charge in [0.05, 0.1) is 15.2 Å². The van der Waals surface area contributed by atoms with Crippen LogP contribution in [0.4, 0.5) is 0 Å². The van der Waals surface area contributed by atoms with E-state index in [4.69, 9.17) is 4.98 Å². The van der Waals surface area contributed by atoms with Crippen LogP contribution in [0.3, 0.4) is 0 Å². The molecular weight excluding hydrogens is 252 g/mol. The van der Waals surface area contributed by atoms with Crippen molar-refractivity contribution in [1.29, 1.82) is 0 Å². The van der Waals surface area contributed by atoms with Gasteiger partial charge in [0.2, 0.25) is 0 Å². The first-order valence-corrected chi connectivity index (χ1v) is 8.14. The molecule has 3 heteroatoms. The number of hydrogen-bond donors (Lipinski definition) is 1. The van der Waals surface area contributed by atoms with Gasteiger partial charge in [0, 0.05) is 5.92 Å². The summed E-state index contributed by atoms with van der Waals surface area (Å²) in [6, 6.07) is 6.84. The summed E-state index contributed by atoms with van der Waals surface area (Å²) in [5.41, 5.74) is 2.65. The molecular formula is C16H22N2S. The molecule has 19 heavy (non-hydrogen) atoms. The van der Waals surface area contributed by atoms with Gasteiger partial charge >= 0.3 is 0 Å². The van der Waals surface area contributed by atoms with Gasteiger partial charge in [0.15, 0.2) is 0 Å². The number of nitrogens with one attached hydrogen (secondary N) is 1. The molecule has 1 saturated heterocycles. The van der Waals surface area contributed by atoms with Crippen LogP contribution in [0, 0.1) is 5.92 Å². The van der Waals surface area contributed by atoms with Crippen molar-refractivity contribution in [2.24, 2.45) is 5.92 Å². The maximum absolute atomic E-state index is 4.71. The molecule has 2 nitrogen and oxygen atoms in total. The molecule has 1 aliphatic rings. The van der Waals surface area contributed by atoms with Gasteiger partial charge < -0.3 is 5.32 Å². The SMILES string of the molecule is CC(C)c1nc2ccc(CC3CCNCC3)cc2s1. The Morgan fingerprint density at radius 1 is 1.32 bits per heavy atom. The fraction of sp³-hybridized carbons (Fsp3) is 0.562. The molecule has 0 bridgehead atoms. The number of fused-ring (bicyclic) bond motifs is 1. The van der Waals surface area contributed by atoms with Crippen molar-refractivity contribution in [3.8, 4) is 0 Å². The minimum absolute atomic E-state index is 0.533. The van der Waals surface area contributed by atoms with Gasteiger partial charge in [-0.05, 0) is 56.0 Å². The number of hydrogen-bond acceptors (Lipinski definition) is 3. The summed E-state index contributed by atoms with van der Waals surface area (Å²) in [5, 5.41) is 4.70. The van der Waals surface area contributed by atoms with Gasteiger partial charge in [-0.2, -0.15) is 0 Å². The van der Waals surface area contributed by atoms with Crippen LogP contribution in [0.25, 0.3) is 10.2 Å². The summed E-state index contributed by atoms with van der Waals surface area (Å²) in [4.78, 5) is 4.71. The van der Waals surface area contributed by atoms with Crippen LogP contribution in [-0.2, 0) is 6.42 Å². The van der Waals surface area contributed by atoms with E-state index in [1.54, 1.807) is 0 Å². The predicted molar refractivity (Wildman–Crippen MR) is 83.0 cm³/mol. The Morgan fingerprint density at radius 2 is 2.11 bits per heavy atom. The van der Waals surface area contributed by atoms with Crippen LogP contribution in [-0.4, -0.2) is 18.1 Å². The van der Waals surface area contributed by atoms with Gasteiger partial charge in [0.25, 0.3) is 0 Å². The summed E-state index contributed by atoms with van der Waals surface area (Å²) >= 11 is 1.86. The first-order chi connectivity index (χ1) is 9.22. The van der Waals surface area contributed by atoms with Crippen LogP contribution in [0.15, 0.2) is 18.2 Å². The second kappa shape index (κ2) is 5.59. The highest BCUT2D eigenvalue weighted by atomic mass is 32.1. The molecule has 1 fully saturated rings. The van der Waals surface area contributed by atoms with Crippen molar-refractivity contribution in [2.75, 3.05) is 13.1 Å². The molecule has 1 N–H and O–H groups in total.